The van der Waals surface area contributed by atoms with Gasteiger partial charge < -0.3 is 10.1 Å². The van der Waals surface area contributed by atoms with Crippen molar-refractivity contribution in [1.29, 1.82) is 0 Å². The fourth-order valence-electron chi connectivity index (χ4n) is 1.93. The summed E-state index contributed by atoms with van der Waals surface area (Å²) < 4.78 is 5.71. The van der Waals surface area contributed by atoms with E-state index in [1.54, 1.807) is 0 Å². The average molecular weight is 304 g/mol. The number of anilines is 1. The van der Waals surface area contributed by atoms with Crippen molar-refractivity contribution in [3.63, 3.8) is 0 Å². The second-order valence-electron chi connectivity index (χ2n) is 5.54. The van der Waals surface area contributed by atoms with E-state index in [2.05, 4.69) is 25.2 Å². The minimum absolute atomic E-state index is 0.670. The molecule has 112 valence electrons. The van der Waals surface area contributed by atoms with E-state index < -0.39 is 0 Å². The highest BCUT2D eigenvalue weighted by Gasteiger charge is 1.98. The standard InChI is InChI=1S/C18H22ClNO/c1-14(2)10-11-21-18-8-6-17(7-9-18)20-13-15-4-3-5-16(19)12-15/h3-9,12,14,20H,10-11,13H2,1-2H3. The quantitative estimate of drug-likeness (QED) is 0.741. The molecule has 0 aliphatic carbocycles. The van der Waals surface area contributed by atoms with Crippen LogP contribution < -0.4 is 10.1 Å². The molecule has 0 fully saturated rings. The molecule has 2 rings (SSSR count). The van der Waals surface area contributed by atoms with Crippen molar-refractivity contribution in [2.45, 2.75) is 26.8 Å². The van der Waals surface area contributed by atoms with Crippen LogP contribution in [-0.2, 0) is 6.54 Å². The molecule has 2 aromatic carbocycles. The molecule has 0 saturated heterocycles. The SMILES string of the molecule is CC(C)CCOc1ccc(NCc2cccc(Cl)c2)cc1. The Kier molecular flexibility index (Phi) is 5.94. The van der Waals surface area contributed by atoms with E-state index in [9.17, 15) is 0 Å². The van der Waals surface area contributed by atoms with E-state index in [0.717, 1.165) is 36.0 Å². The maximum atomic E-state index is 5.97. The molecule has 0 spiro atoms. The first-order valence-corrected chi connectivity index (χ1v) is 7.72. The third-order valence-electron chi connectivity index (χ3n) is 3.20. The smallest absolute Gasteiger partial charge is 0.119 e. The Morgan fingerprint density at radius 3 is 2.52 bits per heavy atom. The van der Waals surface area contributed by atoms with Gasteiger partial charge in [0.15, 0.2) is 0 Å². The molecule has 2 nitrogen and oxygen atoms in total. The number of benzene rings is 2. The number of rotatable bonds is 7. The van der Waals surface area contributed by atoms with E-state index in [1.165, 1.54) is 5.56 Å². The third-order valence-corrected chi connectivity index (χ3v) is 3.44. The van der Waals surface area contributed by atoms with Crippen LogP contribution in [0.15, 0.2) is 48.5 Å². The first-order chi connectivity index (χ1) is 10.1. The number of ether oxygens (including phenoxy) is 1. The zero-order chi connectivity index (χ0) is 15.1. The largest absolute Gasteiger partial charge is 0.494 e. The molecule has 0 unspecified atom stereocenters. The minimum Gasteiger partial charge on any atom is -0.494 e. The Labute approximate surface area is 132 Å². The molecule has 0 bridgehead atoms. The van der Waals surface area contributed by atoms with Gasteiger partial charge in [0.2, 0.25) is 0 Å². The summed E-state index contributed by atoms with van der Waals surface area (Å²) in [6.07, 6.45) is 1.08. The summed E-state index contributed by atoms with van der Waals surface area (Å²) in [6.45, 7) is 5.93. The molecular weight excluding hydrogens is 282 g/mol. The van der Waals surface area contributed by atoms with Crippen LogP contribution in [-0.4, -0.2) is 6.61 Å². The van der Waals surface area contributed by atoms with Crippen LogP contribution >= 0.6 is 11.6 Å². The highest BCUT2D eigenvalue weighted by atomic mass is 35.5. The number of nitrogens with one attached hydrogen (secondary N) is 1. The maximum absolute atomic E-state index is 5.97. The molecular formula is C18H22ClNO. The van der Waals surface area contributed by atoms with Gasteiger partial charge in [-0.1, -0.05) is 37.6 Å². The van der Waals surface area contributed by atoms with Crippen molar-refractivity contribution in [3.8, 4) is 5.75 Å². The van der Waals surface area contributed by atoms with Gasteiger partial charge in [-0.25, -0.2) is 0 Å². The fraction of sp³-hybridized carbons (Fsp3) is 0.333. The lowest BCUT2D eigenvalue weighted by Gasteiger charge is -2.10. The van der Waals surface area contributed by atoms with Gasteiger partial charge in [-0.2, -0.15) is 0 Å². The van der Waals surface area contributed by atoms with E-state index in [1.807, 2.05) is 42.5 Å². The normalized spacial score (nSPS) is 10.7. The Morgan fingerprint density at radius 2 is 1.86 bits per heavy atom. The molecule has 0 aromatic heterocycles. The van der Waals surface area contributed by atoms with Crippen LogP contribution in [0.1, 0.15) is 25.8 Å². The van der Waals surface area contributed by atoms with E-state index in [0.29, 0.717) is 5.92 Å². The summed E-state index contributed by atoms with van der Waals surface area (Å²) in [5, 5.41) is 4.14. The average Bonchev–Trinajstić information content (AvgIpc) is 2.46. The van der Waals surface area contributed by atoms with Crippen LogP contribution in [0.5, 0.6) is 5.75 Å². The highest BCUT2D eigenvalue weighted by molar-refractivity contribution is 6.30. The van der Waals surface area contributed by atoms with Crippen LogP contribution in [0, 0.1) is 5.92 Å². The molecule has 3 heteroatoms. The molecule has 0 aliphatic rings. The first kappa shape index (κ1) is 15.7. The van der Waals surface area contributed by atoms with Crippen molar-refractivity contribution in [2.24, 2.45) is 5.92 Å². The molecule has 0 heterocycles. The Bertz CT molecular complexity index is 551. The Balaban J connectivity index is 1.82. The van der Waals surface area contributed by atoms with Gasteiger partial charge in [0.1, 0.15) is 5.75 Å². The summed E-state index contributed by atoms with van der Waals surface area (Å²) in [7, 11) is 0. The second kappa shape index (κ2) is 7.94. The zero-order valence-electron chi connectivity index (χ0n) is 12.6. The lowest BCUT2D eigenvalue weighted by molar-refractivity contribution is 0.289. The summed E-state index contributed by atoms with van der Waals surface area (Å²) >= 11 is 5.97. The number of hydrogen-bond acceptors (Lipinski definition) is 2. The molecule has 0 aliphatic heterocycles. The molecule has 0 amide bonds. The van der Waals surface area contributed by atoms with Gasteiger partial charge in [-0.15, -0.1) is 0 Å². The van der Waals surface area contributed by atoms with E-state index in [-0.39, 0.29) is 0 Å². The van der Waals surface area contributed by atoms with Crippen molar-refractivity contribution >= 4 is 17.3 Å². The van der Waals surface area contributed by atoms with Crippen LogP contribution in [0.2, 0.25) is 5.02 Å². The molecule has 21 heavy (non-hydrogen) atoms. The van der Waals surface area contributed by atoms with Crippen LogP contribution in [0.4, 0.5) is 5.69 Å². The Hall–Kier alpha value is -1.67. The first-order valence-electron chi connectivity index (χ1n) is 7.34. The number of halogens is 1. The van der Waals surface area contributed by atoms with Crippen molar-refractivity contribution in [1.82, 2.24) is 0 Å². The zero-order valence-corrected chi connectivity index (χ0v) is 13.4. The lowest BCUT2D eigenvalue weighted by Crippen LogP contribution is -2.02. The molecule has 0 atom stereocenters. The van der Waals surface area contributed by atoms with Crippen molar-refractivity contribution in [2.75, 3.05) is 11.9 Å². The summed E-state index contributed by atoms with van der Waals surface area (Å²) in [5.74, 6) is 1.59. The van der Waals surface area contributed by atoms with Crippen LogP contribution in [0.3, 0.4) is 0 Å². The van der Waals surface area contributed by atoms with E-state index >= 15 is 0 Å². The molecule has 2 aromatic rings. The summed E-state index contributed by atoms with van der Waals surface area (Å²) in [4.78, 5) is 0. The fourth-order valence-corrected chi connectivity index (χ4v) is 2.15. The topological polar surface area (TPSA) is 21.3 Å². The van der Waals surface area contributed by atoms with Gasteiger partial charge in [-0.3, -0.25) is 0 Å². The molecule has 0 radical (unpaired) electrons. The summed E-state index contributed by atoms with van der Waals surface area (Å²) in [6, 6.07) is 15.9. The van der Waals surface area contributed by atoms with Gasteiger partial charge in [0.05, 0.1) is 6.61 Å². The highest BCUT2D eigenvalue weighted by Crippen LogP contribution is 2.18. The van der Waals surface area contributed by atoms with Gasteiger partial charge in [0, 0.05) is 17.3 Å². The monoisotopic (exact) mass is 303 g/mol. The third kappa shape index (κ3) is 5.68. The second-order valence-corrected chi connectivity index (χ2v) is 5.98. The van der Waals surface area contributed by atoms with Crippen molar-refractivity contribution < 1.29 is 4.74 Å². The Morgan fingerprint density at radius 1 is 1.10 bits per heavy atom. The predicted molar refractivity (Wildman–Crippen MR) is 90.2 cm³/mol. The van der Waals surface area contributed by atoms with Crippen molar-refractivity contribution in [3.05, 3.63) is 59.1 Å². The lowest BCUT2D eigenvalue weighted by atomic mass is 10.1. The number of hydrogen-bond donors (Lipinski definition) is 1. The van der Waals surface area contributed by atoms with E-state index in [4.69, 9.17) is 16.3 Å². The van der Waals surface area contributed by atoms with Gasteiger partial charge in [-0.05, 0) is 54.3 Å². The predicted octanol–water partition coefficient (Wildman–Crippen LogP) is 5.38. The van der Waals surface area contributed by atoms with Gasteiger partial charge in [0.25, 0.3) is 0 Å². The molecule has 0 saturated carbocycles. The molecule has 1 N–H and O–H groups in total. The van der Waals surface area contributed by atoms with Crippen LogP contribution in [0.25, 0.3) is 0 Å². The van der Waals surface area contributed by atoms with Gasteiger partial charge >= 0.3 is 0 Å². The minimum atomic E-state index is 0.670. The summed E-state index contributed by atoms with van der Waals surface area (Å²) in [5.41, 5.74) is 2.24. The maximum Gasteiger partial charge on any atom is 0.119 e.